The molecule has 0 unspecified atom stereocenters. The Morgan fingerprint density at radius 2 is 1.87 bits per heavy atom. The Kier molecular flexibility index (Phi) is 5.04. The predicted molar refractivity (Wildman–Crippen MR) is 116 cm³/mol. The molecule has 0 atom stereocenters. The van der Waals surface area contributed by atoms with E-state index in [1.807, 2.05) is 16.7 Å². The Labute approximate surface area is 181 Å². The smallest absolute Gasteiger partial charge is 0.273 e. The van der Waals surface area contributed by atoms with Crippen molar-refractivity contribution in [1.82, 2.24) is 19.7 Å². The topological polar surface area (TPSA) is 56.8 Å². The van der Waals surface area contributed by atoms with Crippen LogP contribution in [-0.2, 0) is 0 Å². The SMILES string of the molecule is Cc1c(C(=O)N2CC(N3CCN(C(=O)c4cscn4)CC3)C2)sc2cc(F)ccc12. The Hall–Kier alpha value is -2.36. The van der Waals surface area contributed by atoms with Gasteiger partial charge in [-0.1, -0.05) is 6.07 Å². The van der Waals surface area contributed by atoms with Crippen LogP contribution in [-0.4, -0.2) is 76.8 Å². The van der Waals surface area contributed by atoms with Gasteiger partial charge in [0, 0.05) is 55.4 Å². The summed E-state index contributed by atoms with van der Waals surface area (Å²) in [6, 6.07) is 5.01. The molecule has 9 heteroatoms. The molecule has 0 aliphatic carbocycles. The van der Waals surface area contributed by atoms with Gasteiger partial charge >= 0.3 is 0 Å². The molecule has 1 aromatic carbocycles. The van der Waals surface area contributed by atoms with Gasteiger partial charge in [0.2, 0.25) is 0 Å². The summed E-state index contributed by atoms with van der Waals surface area (Å²) in [6.45, 7) is 6.30. The van der Waals surface area contributed by atoms with Crippen LogP contribution in [0.1, 0.15) is 25.7 Å². The van der Waals surface area contributed by atoms with E-state index in [9.17, 15) is 14.0 Å². The van der Waals surface area contributed by atoms with Crippen LogP contribution < -0.4 is 0 Å². The summed E-state index contributed by atoms with van der Waals surface area (Å²) in [5, 5.41) is 2.73. The van der Waals surface area contributed by atoms with Crippen molar-refractivity contribution in [1.29, 1.82) is 0 Å². The van der Waals surface area contributed by atoms with Crippen molar-refractivity contribution in [3.05, 3.63) is 51.0 Å². The van der Waals surface area contributed by atoms with E-state index in [1.165, 1.54) is 34.8 Å². The number of aromatic nitrogens is 1. The summed E-state index contributed by atoms with van der Waals surface area (Å²) in [4.78, 5) is 36.3. The monoisotopic (exact) mass is 444 g/mol. The molecule has 2 amide bonds. The molecule has 4 heterocycles. The zero-order chi connectivity index (χ0) is 20.8. The minimum Gasteiger partial charge on any atom is -0.335 e. The van der Waals surface area contributed by atoms with E-state index in [-0.39, 0.29) is 17.6 Å². The lowest BCUT2D eigenvalue weighted by molar-refractivity contribution is 0.00867. The summed E-state index contributed by atoms with van der Waals surface area (Å²) in [5.41, 5.74) is 3.13. The molecule has 0 saturated carbocycles. The fourth-order valence-corrected chi connectivity index (χ4v) is 5.90. The molecule has 0 spiro atoms. The Bertz CT molecular complexity index is 1100. The van der Waals surface area contributed by atoms with E-state index in [4.69, 9.17) is 0 Å². The third-order valence-corrected chi connectivity index (χ3v) is 7.84. The molecule has 30 heavy (non-hydrogen) atoms. The molecule has 5 rings (SSSR count). The van der Waals surface area contributed by atoms with Crippen LogP contribution in [0, 0.1) is 12.7 Å². The molecule has 2 fully saturated rings. The number of thiophene rings is 1. The zero-order valence-corrected chi connectivity index (χ0v) is 18.1. The average Bonchev–Trinajstić information content (AvgIpc) is 3.35. The molecule has 0 radical (unpaired) electrons. The molecule has 6 nitrogen and oxygen atoms in total. The van der Waals surface area contributed by atoms with Crippen LogP contribution in [0.2, 0.25) is 0 Å². The van der Waals surface area contributed by atoms with Crippen LogP contribution in [0.5, 0.6) is 0 Å². The van der Waals surface area contributed by atoms with E-state index in [2.05, 4.69) is 9.88 Å². The van der Waals surface area contributed by atoms with Crippen molar-refractivity contribution in [3.63, 3.8) is 0 Å². The van der Waals surface area contributed by atoms with Gasteiger partial charge in [-0.15, -0.1) is 22.7 Å². The third-order valence-electron chi connectivity index (χ3n) is 6.01. The number of fused-ring (bicyclic) bond motifs is 1. The van der Waals surface area contributed by atoms with E-state index in [0.29, 0.717) is 42.8 Å². The van der Waals surface area contributed by atoms with E-state index in [1.54, 1.807) is 17.0 Å². The van der Waals surface area contributed by atoms with Gasteiger partial charge in [-0.05, 0) is 30.0 Å². The maximum atomic E-state index is 13.5. The number of benzene rings is 1. The van der Waals surface area contributed by atoms with Crippen molar-refractivity contribution in [3.8, 4) is 0 Å². The highest BCUT2D eigenvalue weighted by atomic mass is 32.1. The van der Waals surface area contributed by atoms with Crippen molar-refractivity contribution < 1.29 is 14.0 Å². The van der Waals surface area contributed by atoms with Crippen LogP contribution in [0.4, 0.5) is 4.39 Å². The Balaban J connectivity index is 1.18. The highest BCUT2D eigenvalue weighted by molar-refractivity contribution is 7.21. The second-order valence-electron chi connectivity index (χ2n) is 7.76. The third kappa shape index (κ3) is 3.40. The molecule has 2 saturated heterocycles. The summed E-state index contributed by atoms with van der Waals surface area (Å²) >= 11 is 2.80. The molecule has 2 aliphatic rings. The summed E-state index contributed by atoms with van der Waals surface area (Å²) in [6.07, 6.45) is 0. The van der Waals surface area contributed by atoms with E-state index in [0.717, 1.165) is 28.7 Å². The summed E-state index contributed by atoms with van der Waals surface area (Å²) < 4.78 is 14.3. The normalized spacial score (nSPS) is 18.1. The molecule has 0 N–H and O–H groups in total. The quantitative estimate of drug-likeness (QED) is 0.623. The maximum Gasteiger partial charge on any atom is 0.273 e. The number of hydrogen-bond acceptors (Lipinski definition) is 6. The van der Waals surface area contributed by atoms with Gasteiger partial charge in [0.05, 0.1) is 10.4 Å². The predicted octanol–water partition coefficient (Wildman–Crippen LogP) is 3.09. The number of likely N-dealkylation sites (tertiary alicyclic amines) is 1. The number of amides is 2. The lowest BCUT2D eigenvalue weighted by Gasteiger charge is -2.48. The lowest BCUT2D eigenvalue weighted by atomic mass is 10.0. The van der Waals surface area contributed by atoms with Gasteiger partial charge in [-0.25, -0.2) is 9.37 Å². The molecule has 3 aromatic rings. The summed E-state index contributed by atoms with van der Waals surface area (Å²) in [7, 11) is 0. The molecule has 2 aromatic heterocycles. The van der Waals surface area contributed by atoms with E-state index < -0.39 is 0 Å². The maximum absolute atomic E-state index is 13.5. The number of thiazole rings is 1. The van der Waals surface area contributed by atoms with Gasteiger partial charge in [0.25, 0.3) is 11.8 Å². The van der Waals surface area contributed by atoms with Crippen molar-refractivity contribution >= 4 is 44.6 Å². The first kappa shape index (κ1) is 19.6. The van der Waals surface area contributed by atoms with Gasteiger partial charge in [0.15, 0.2) is 0 Å². The number of carbonyl (C=O) groups is 2. The Morgan fingerprint density at radius 3 is 2.57 bits per heavy atom. The van der Waals surface area contributed by atoms with Crippen LogP contribution in [0.25, 0.3) is 10.1 Å². The largest absolute Gasteiger partial charge is 0.335 e. The zero-order valence-electron chi connectivity index (χ0n) is 16.5. The molecular weight excluding hydrogens is 423 g/mol. The second kappa shape index (κ2) is 7.72. The standard InChI is InChI=1S/C21H21FN4O2S2/c1-13-16-3-2-14(22)8-18(16)30-19(13)21(28)26-9-15(10-26)24-4-6-25(7-5-24)20(27)17-11-29-12-23-17/h2-3,8,11-12,15H,4-7,9-10H2,1H3. The van der Waals surface area contributed by atoms with E-state index >= 15 is 0 Å². The molecule has 156 valence electrons. The lowest BCUT2D eigenvalue weighted by Crippen LogP contribution is -2.64. The first-order valence-electron chi connectivity index (χ1n) is 9.90. The van der Waals surface area contributed by atoms with Crippen molar-refractivity contribution in [2.75, 3.05) is 39.3 Å². The fraction of sp³-hybridized carbons (Fsp3) is 0.381. The minimum atomic E-state index is -0.279. The average molecular weight is 445 g/mol. The number of piperazine rings is 1. The van der Waals surface area contributed by atoms with Crippen molar-refractivity contribution in [2.45, 2.75) is 13.0 Å². The fourth-order valence-electron chi connectivity index (χ4n) is 4.17. The van der Waals surface area contributed by atoms with Crippen LogP contribution >= 0.6 is 22.7 Å². The number of hydrogen-bond donors (Lipinski definition) is 0. The van der Waals surface area contributed by atoms with Gasteiger partial charge in [0.1, 0.15) is 11.5 Å². The highest BCUT2D eigenvalue weighted by Gasteiger charge is 2.38. The first-order valence-corrected chi connectivity index (χ1v) is 11.7. The second-order valence-corrected chi connectivity index (χ2v) is 9.53. The summed E-state index contributed by atoms with van der Waals surface area (Å²) in [5.74, 6) is -0.250. The number of halogens is 1. The van der Waals surface area contributed by atoms with Crippen LogP contribution in [0.3, 0.4) is 0 Å². The molecule has 0 bridgehead atoms. The van der Waals surface area contributed by atoms with Gasteiger partial charge < -0.3 is 9.80 Å². The van der Waals surface area contributed by atoms with Crippen molar-refractivity contribution in [2.24, 2.45) is 0 Å². The highest BCUT2D eigenvalue weighted by Crippen LogP contribution is 2.33. The van der Waals surface area contributed by atoms with Gasteiger partial charge in [-0.3, -0.25) is 14.5 Å². The molecule has 2 aliphatic heterocycles. The Morgan fingerprint density at radius 1 is 1.10 bits per heavy atom. The minimum absolute atomic E-state index is 0.00186. The first-order chi connectivity index (χ1) is 14.5. The number of rotatable bonds is 3. The number of carbonyl (C=O) groups excluding carboxylic acids is 2. The number of nitrogens with zero attached hydrogens (tertiary/aromatic N) is 4. The van der Waals surface area contributed by atoms with Gasteiger partial charge in [-0.2, -0.15) is 0 Å². The number of aryl methyl sites for hydroxylation is 1. The molecular formula is C21H21FN4O2S2. The van der Waals surface area contributed by atoms with Crippen LogP contribution in [0.15, 0.2) is 29.1 Å².